The summed E-state index contributed by atoms with van der Waals surface area (Å²) >= 11 is 0. The lowest BCUT2D eigenvalue weighted by atomic mass is 10.1. The highest BCUT2D eigenvalue weighted by Crippen LogP contribution is 2.15. The summed E-state index contributed by atoms with van der Waals surface area (Å²) in [5, 5.41) is 3.51. The molecule has 1 aromatic carbocycles. The third kappa shape index (κ3) is 3.58. The summed E-state index contributed by atoms with van der Waals surface area (Å²) in [5.74, 6) is 0.868. The smallest absolute Gasteiger partial charge is 0.225 e. The van der Waals surface area contributed by atoms with E-state index < -0.39 is 0 Å². The van der Waals surface area contributed by atoms with Crippen LogP contribution in [0.5, 0.6) is 0 Å². The van der Waals surface area contributed by atoms with E-state index in [1.54, 1.807) is 0 Å². The van der Waals surface area contributed by atoms with Crippen LogP contribution >= 0.6 is 0 Å². The molecule has 4 nitrogen and oxygen atoms in total. The molecule has 3 rings (SSSR count). The second-order valence-corrected chi connectivity index (χ2v) is 5.60. The van der Waals surface area contributed by atoms with Gasteiger partial charge in [0.15, 0.2) is 0 Å². The lowest BCUT2D eigenvalue weighted by Gasteiger charge is -2.16. The van der Waals surface area contributed by atoms with Crippen molar-refractivity contribution >= 4 is 5.95 Å². The highest BCUT2D eigenvalue weighted by atomic mass is 15.3. The molecule has 110 valence electrons. The van der Waals surface area contributed by atoms with Crippen molar-refractivity contribution < 1.29 is 0 Å². The lowest BCUT2D eigenvalue weighted by Crippen LogP contribution is -2.21. The van der Waals surface area contributed by atoms with E-state index in [0.717, 1.165) is 31.1 Å². The molecule has 1 aromatic heterocycles. The molecule has 2 heterocycles. The van der Waals surface area contributed by atoms with Crippen LogP contribution in [0.2, 0.25) is 0 Å². The van der Waals surface area contributed by atoms with Crippen molar-refractivity contribution in [1.82, 2.24) is 15.3 Å². The Kier molecular flexibility index (Phi) is 4.46. The van der Waals surface area contributed by atoms with Gasteiger partial charge in [0.2, 0.25) is 5.95 Å². The summed E-state index contributed by atoms with van der Waals surface area (Å²) < 4.78 is 0. The van der Waals surface area contributed by atoms with E-state index in [4.69, 9.17) is 0 Å². The number of hydrogen-bond acceptors (Lipinski definition) is 4. The van der Waals surface area contributed by atoms with E-state index in [1.807, 2.05) is 18.5 Å². The third-order valence-electron chi connectivity index (χ3n) is 3.99. The largest absolute Gasteiger partial charge is 0.341 e. The number of benzene rings is 1. The summed E-state index contributed by atoms with van der Waals surface area (Å²) in [6.07, 6.45) is 6.37. The van der Waals surface area contributed by atoms with Crippen LogP contribution in [0.15, 0.2) is 42.7 Å². The average Bonchev–Trinajstić information content (AvgIpc) is 3.08. The molecule has 1 fully saturated rings. The van der Waals surface area contributed by atoms with Crippen molar-refractivity contribution in [2.24, 2.45) is 0 Å². The van der Waals surface area contributed by atoms with Gasteiger partial charge in [0.25, 0.3) is 0 Å². The van der Waals surface area contributed by atoms with Crippen LogP contribution in [0, 0.1) is 0 Å². The molecular weight excluding hydrogens is 260 g/mol. The second kappa shape index (κ2) is 6.68. The monoisotopic (exact) mass is 282 g/mol. The van der Waals surface area contributed by atoms with Gasteiger partial charge in [0.1, 0.15) is 0 Å². The van der Waals surface area contributed by atoms with Crippen LogP contribution in [-0.4, -0.2) is 23.1 Å². The van der Waals surface area contributed by atoms with Crippen molar-refractivity contribution in [1.29, 1.82) is 0 Å². The molecule has 0 amide bonds. The van der Waals surface area contributed by atoms with Crippen molar-refractivity contribution in [2.45, 2.75) is 32.4 Å². The Bertz CT molecular complexity index is 547. The van der Waals surface area contributed by atoms with E-state index in [2.05, 4.69) is 51.4 Å². The molecular formula is C17H22N4. The first-order valence-corrected chi connectivity index (χ1v) is 7.67. The summed E-state index contributed by atoms with van der Waals surface area (Å²) in [5.41, 5.74) is 2.42. The summed E-state index contributed by atoms with van der Waals surface area (Å²) in [6, 6.07) is 10.8. The fourth-order valence-corrected chi connectivity index (χ4v) is 2.65. The number of aromatic nitrogens is 2. The molecule has 1 aliphatic heterocycles. The number of nitrogens with one attached hydrogen (secondary N) is 1. The van der Waals surface area contributed by atoms with Crippen molar-refractivity contribution in [3.63, 3.8) is 0 Å². The Morgan fingerprint density at radius 3 is 2.43 bits per heavy atom. The topological polar surface area (TPSA) is 41.1 Å². The molecule has 1 saturated heterocycles. The molecule has 0 bridgehead atoms. The average molecular weight is 282 g/mol. The van der Waals surface area contributed by atoms with Gasteiger partial charge >= 0.3 is 0 Å². The van der Waals surface area contributed by atoms with Gasteiger partial charge in [-0.25, -0.2) is 9.97 Å². The lowest BCUT2D eigenvalue weighted by molar-refractivity contribution is 0.572. The van der Waals surface area contributed by atoms with Crippen molar-refractivity contribution in [3.05, 3.63) is 53.9 Å². The molecule has 1 aliphatic rings. The van der Waals surface area contributed by atoms with Gasteiger partial charge in [-0.15, -0.1) is 0 Å². The Labute approximate surface area is 126 Å². The maximum absolute atomic E-state index is 4.49. The highest BCUT2D eigenvalue weighted by molar-refractivity contribution is 5.31. The standard InChI is InChI=1S/C17H22N4/c1-14(16-7-3-2-4-8-16)18-11-15-12-19-17(20-13-15)21-9-5-6-10-21/h2-4,7-8,12-14,18H,5-6,9-11H2,1H3. The summed E-state index contributed by atoms with van der Waals surface area (Å²) in [4.78, 5) is 11.2. The zero-order valence-electron chi connectivity index (χ0n) is 12.5. The van der Waals surface area contributed by atoms with E-state index in [9.17, 15) is 0 Å². The number of hydrogen-bond donors (Lipinski definition) is 1. The molecule has 2 aromatic rings. The molecule has 0 spiro atoms. The number of anilines is 1. The second-order valence-electron chi connectivity index (χ2n) is 5.60. The minimum atomic E-state index is 0.324. The maximum Gasteiger partial charge on any atom is 0.225 e. The Hall–Kier alpha value is -1.94. The van der Waals surface area contributed by atoms with E-state index >= 15 is 0 Å². The van der Waals surface area contributed by atoms with Crippen LogP contribution in [0.4, 0.5) is 5.95 Å². The van der Waals surface area contributed by atoms with Crippen LogP contribution < -0.4 is 10.2 Å². The maximum atomic E-state index is 4.49. The van der Waals surface area contributed by atoms with E-state index in [-0.39, 0.29) is 0 Å². The fourth-order valence-electron chi connectivity index (χ4n) is 2.65. The van der Waals surface area contributed by atoms with E-state index in [1.165, 1.54) is 18.4 Å². The van der Waals surface area contributed by atoms with Crippen LogP contribution in [0.1, 0.15) is 36.9 Å². The van der Waals surface area contributed by atoms with Gasteiger partial charge in [-0.05, 0) is 25.3 Å². The molecule has 0 radical (unpaired) electrons. The highest BCUT2D eigenvalue weighted by Gasteiger charge is 2.14. The quantitative estimate of drug-likeness (QED) is 0.915. The van der Waals surface area contributed by atoms with Crippen molar-refractivity contribution in [2.75, 3.05) is 18.0 Å². The Balaban J connectivity index is 1.55. The first-order chi connectivity index (χ1) is 10.3. The fraction of sp³-hybridized carbons (Fsp3) is 0.412. The third-order valence-corrected chi connectivity index (χ3v) is 3.99. The molecule has 0 aliphatic carbocycles. The predicted molar refractivity (Wildman–Crippen MR) is 85.2 cm³/mol. The molecule has 1 atom stereocenters. The Morgan fingerprint density at radius 1 is 1.10 bits per heavy atom. The zero-order valence-corrected chi connectivity index (χ0v) is 12.5. The van der Waals surface area contributed by atoms with Gasteiger partial charge in [-0.1, -0.05) is 30.3 Å². The van der Waals surface area contributed by atoms with Crippen LogP contribution in [0.3, 0.4) is 0 Å². The Morgan fingerprint density at radius 2 is 1.76 bits per heavy atom. The van der Waals surface area contributed by atoms with Gasteiger partial charge in [0.05, 0.1) is 0 Å². The first kappa shape index (κ1) is 14.0. The minimum absolute atomic E-state index is 0.324. The molecule has 4 heteroatoms. The first-order valence-electron chi connectivity index (χ1n) is 7.67. The molecule has 0 saturated carbocycles. The summed E-state index contributed by atoms with van der Waals surface area (Å²) in [6.45, 7) is 5.14. The normalized spacial score (nSPS) is 16.1. The number of nitrogens with zero attached hydrogens (tertiary/aromatic N) is 3. The van der Waals surface area contributed by atoms with Gasteiger partial charge in [0, 0.05) is 43.6 Å². The van der Waals surface area contributed by atoms with Crippen LogP contribution in [-0.2, 0) is 6.54 Å². The zero-order chi connectivity index (χ0) is 14.5. The number of rotatable bonds is 5. The molecule has 1 N–H and O–H groups in total. The van der Waals surface area contributed by atoms with Gasteiger partial charge in [-0.2, -0.15) is 0 Å². The van der Waals surface area contributed by atoms with Crippen molar-refractivity contribution in [3.8, 4) is 0 Å². The molecule has 21 heavy (non-hydrogen) atoms. The predicted octanol–water partition coefficient (Wildman–Crippen LogP) is 2.93. The molecule has 1 unspecified atom stereocenters. The SMILES string of the molecule is CC(NCc1cnc(N2CCCC2)nc1)c1ccccc1. The van der Waals surface area contributed by atoms with Gasteiger partial charge in [-0.3, -0.25) is 0 Å². The van der Waals surface area contributed by atoms with Gasteiger partial charge < -0.3 is 10.2 Å². The van der Waals surface area contributed by atoms with Crippen LogP contribution in [0.25, 0.3) is 0 Å². The van der Waals surface area contributed by atoms with E-state index in [0.29, 0.717) is 6.04 Å². The minimum Gasteiger partial charge on any atom is -0.341 e. The summed E-state index contributed by atoms with van der Waals surface area (Å²) in [7, 11) is 0.